The van der Waals surface area contributed by atoms with Crippen LogP contribution in [-0.4, -0.2) is 17.6 Å². The van der Waals surface area contributed by atoms with E-state index in [1.54, 1.807) is 25.1 Å². The summed E-state index contributed by atoms with van der Waals surface area (Å²) in [5.41, 5.74) is -1.11. The molecule has 3 aromatic rings. The van der Waals surface area contributed by atoms with Gasteiger partial charge in [0.05, 0.1) is 17.5 Å². The zero-order valence-electron chi connectivity index (χ0n) is 11.4. The fourth-order valence-electron chi connectivity index (χ4n) is 2.20. The third kappa shape index (κ3) is 2.27. The van der Waals surface area contributed by atoms with Crippen LogP contribution in [0.5, 0.6) is 0 Å². The van der Waals surface area contributed by atoms with Crippen molar-refractivity contribution < 1.29 is 13.9 Å². The topological polar surface area (TPSA) is 89.4 Å². The minimum atomic E-state index is -0.854. The Bertz CT molecular complexity index is 1020. The van der Waals surface area contributed by atoms with Gasteiger partial charge in [-0.1, -0.05) is 11.6 Å². The van der Waals surface area contributed by atoms with Crippen LogP contribution in [0.25, 0.3) is 21.9 Å². The van der Waals surface area contributed by atoms with Gasteiger partial charge in [-0.15, -0.1) is 0 Å². The van der Waals surface area contributed by atoms with Gasteiger partial charge in [-0.05, 0) is 31.2 Å². The number of aromatic nitrogens is 1. The lowest BCUT2D eigenvalue weighted by atomic mass is 10.1. The molecule has 0 saturated carbocycles. The number of carbonyl (C=O) groups is 1. The van der Waals surface area contributed by atoms with Crippen molar-refractivity contribution in [3.63, 3.8) is 0 Å². The Morgan fingerprint density at radius 2 is 2.05 bits per heavy atom. The number of hydrogen-bond acceptors (Lipinski definition) is 5. The first kappa shape index (κ1) is 14.3. The van der Waals surface area contributed by atoms with E-state index >= 15 is 0 Å². The van der Waals surface area contributed by atoms with Crippen LogP contribution in [0.3, 0.4) is 0 Å². The molecule has 7 heteroatoms. The number of pyridine rings is 1. The second-order valence-electron chi connectivity index (χ2n) is 4.55. The Morgan fingerprint density at radius 1 is 1.27 bits per heavy atom. The minimum absolute atomic E-state index is 0.0949. The summed E-state index contributed by atoms with van der Waals surface area (Å²) in [6, 6.07) is 5.98. The molecule has 0 fully saturated rings. The average Bonchev–Trinajstić information content (AvgIpc) is 2.46. The summed E-state index contributed by atoms with van der Waals surface area (Å²) in [7, 11) is 0. The molecule has 0 aliphatic carbocycles. The number of benzene rings is 1. The Balaban J connectivity index is 2.40. The van der Waals surface area contributed by atoms with Gasteiger partial charge in [-0.2, -0.15) is 0 Å². The van der Waals surface area contributed by atoms with Gasteiger partial charge in [0.25, 0.3) is 5.56 Å². The lowest BCUT2D eigenvalue weighted by molar-refractivity contribution is 0.0522. The first-order chi connectivity index (χ1) is 10.5. The highest BCUT2D eigenvalue weighted by Gasteiger charge is 2.17. The zero-order valence-corrected chi connectivity index (χ0v) is 12.2. The summed E-state index contributed by atoms with van der Waals surface area (Å²) in [4.78, 5) is 38.5. The highest BCUT2D eigenvalue weighted by molar-refractivity contribution is 6.31. The molecule has 1 N–H and O–H groups in total. The van der Waals surface area contributed by atoms with Crippen molar-refractivity contribution in [2.75, 3.05) is 6.61 Å². The van der Waals surface area contributed by atoms with Crippen molar-refractivity contribution in [2.45, 2.75) is 6.92 Å². The number of fused-ring (bicyclic) bond motifs is 3. The van der Waals surface area contributed by atoms with Crippen molar-refractivity contribution in [1.29, 1.82) is 0 Å². The van der Waals surface area contributed by atoms with Crippen LogP contribution < -0.4 is 11.2 Å². The molecule has 0 unspecified atom stereocenters. The van der Waals surface area contributed by atoms with E-state index < -0.39 is 17.2 Å². The van der Waals surface area contributed by atoms with Crippen molar-refractivity contribution in [3.05, 3.63) is 55.6 Å². The number of nitrogens with one attached hydrogen (secondary N) is 1. The lowest BCUT2D eigenvalue weighted by Gasteiger charge is -2.05. The first-order valence-corrected chi connectivity index (χ1v) is 6.85. The van der Waals surface area contributed by atoms with Crippen LogP contribution in [0.1, 0.15) is 17.3 Å². The summed E-state index contributed by atoms with van der Waals surface area (Å²) in [5, 5.41) is 1.05. The van der Waals surface area contributed by atoms with Crippen LogP contribution in [0.2, 0.25) is 5.02 Å². The lowest BCUT2D eigenvalue weighted by Crippen LogP contribution is -2.18. The van der Waals surface area contributed by atoms with E-state index in [0.29, 0.717) is 15.9 Å². The third-order valence-electron chi connectivity index (χ3n) is 3.16. The zero-order chi connectivity index (χ0) is 15.9. The predicted molar refractivity (Wildman–Crippen MR) is 81.6 cm³/mol. The Hall–Kier alpha value is -2.60. The number of H-pyrrole nitrogens is 1. The molecule has 0 amide bonds. The number of aromatic amines is 1. The molecule has 112 valence electrons. The smallest absolute Gasteiger partial charge is 0.351 e. The highest BCUT2D eigenvalue weighted by atomic mass is 35.5. The van der Waals surface area contributed by atoms with E-state index in [4.69, 9.17) is 20.8 Å². The molecule has 3 rings (SSSR count). The monoisotopic (exact) mass is 319 g/mol. The summed E-state index contributed by atoms with van der Waals surface area (Å²) >= 11 is 5.88. The normalized spacial score (nSPS) is 11.0. The number of hydrogen-bond donors (Lipinski definition) is 1. The van der Waals surface area contributed by atoms with E-state index in [9.17, 15) is 14.4 Å². The van der Waals surface area contributed by atoms with Crippen LogP contribution in [-0.2, 0) is 4.74 Å². The van der Waals surface area contributed by atoms with Gasteiger partial charge in [0, 0.05) is 10.4 Å². The van der Waals surface area contributed by atoms with Gasteiger partial charge in [-0.25, -0.2) is 9.59 Å². The average molecular weight is 320 g/mol. The number of ether oxygens (including phenoxy) is 1. The maximum atomic E-state index is 12.1. The second-order valence-corrected chi connectivity index (χ2v) is 4.99. The summed E-state index contributed by atoms with van der Waals surface area (Å²) in [6.07, 6.45) is 0. The Labute approximate surface area is 128 Å². The molecule has 0 radical (unpaired) electrons. The molecule has 0 aliphatic rings. The standard InChI is InChI=1S/C15H10ClNO5/c1-2-21-14(19)10-6-9-12(22-15(10)20)8-4-3-7(16)5-11(8)17-13(9)18/h3-6H,2H2,1H3,(H,17,18). The molecule has 2 heterocycles. The molecule has 0 spiro atoms. The molecule has 0 aliphatic heterocycles. The van der Waals surface area contributed by atoms with Crippen LogP contribution >= 0.6 is 11.6 Å². The summed E-state index contributed by atoms with van der Waals surface area (Å²) in [5.74, 6) is -0.825. The first-order valence-electron chi connectivity index (χ1n) is 6.47. The van der Waals surface area contributed by atoms with Gasteiger partial charge in [0.1, 0.15) is 5.56 Å². The molecule has 6 nitrogen and oxygen atoms in total. The van der Waals surface area contributed by atoms with Crippen LogP contribution in [0.15, 0.2) is 38.3 Å². The van der Waals surface area contributed by atoms with Gasteiger partial charge < -0.3 is 14.1 Å². The number of esters is 1. The molecule has 0 atom stereocenters. The van der Waals surface area contributed by atoms with Crippen molar-refractivity contribution in [2.24, 2.45) is 0 Å². The molecular formula is C15H10ClNO5. The summed E-state index contributed by atoms with van der Waals surface area (Å²) in [6.45, 7) is 1.73. The Kier molecular flexibility index (Phi) is 3.46. The highest BCUT2D eigenvalue weighted by Crippen LogP contribution is 2.23. The van der Waals surface area contributed by atoms with Gasteiger partial charge >= 0.3 is 11.6 Å². The molecule has 22 heavy (non-hydrogen) atoms. The third-order valence-corrected chi connectivity index (χ3v) is 3.40. The SMILES string of the molecule is CCOC(=O)c1cc2c(=O)[nH]c3cc(Cl)ccc3c2oc1=O. The largest absolute Gasteiger partial charge is 0.462 e. The second kappa shape index (κ2) is 5.31. The number of rotatable bonds is 2. The molecule has 2 aromatic heterocycles. The molecular weight excluding hydrogens is 310 g/mol. The number of halogens is 1. The van der Waals surface area contributed by atoms with Crippen molar-refractivity contribution >= 4 is 39.4 Å². The predicted octanol–water partition coefficient (Wildman–Crippen LogP) is 2.46. The van der Waals surface area contributed by atoms with Gasteiger partial charge in [0.15, 0.2) is 5.58 Å². The van der Waals surface area contributed by atoms with Crippen LogP contribution in [0, 0.1) is 0 Å². The van der Waals surface area contributed by atoms with Crippen molar-refractivity contribution in [3.8, 4) is 0 Å². The Morgan fingerprint density at radius 3 is 2.77 bits per heavy atom. The minimum Gasteiger partial charge on any atom is -0.462 e. The van der Waals surface area contributed by atoms with E-state index in [2.05, 4.69) is 4.98 Å². The molecule has 0 saturated heterocycles. The van der Waals surface area contributed by atoms with Gasteiger partial charge in [0.2, 0.25) is 0 Å². The number of carbonyl (C=O) groups excluding carboxylic acids is 1. The quantitative estimate of drug-likeness (QED) is 0.579. The van der Waals surface area contributed by atoms with Crippen molar-refractivity contribution in [1.82, 2.24) is 4.98 Å². The van der Waals surface area contributed by atoms with Crippen LogP contribution in [0.4, 0.5) is 0 Å². The van der Waals surface area contributed by atoms with E-state index in [1.165, 1.54) is 6.07 Å². The maximum absolute atomic E-state index is 12.1. The fourth-order valence-corrected chi connectivity index (χ4v) is 2.37. The van der Waals surface area contributed by atoms with E-state index in [0.717, 1.165) is 0 Å². The van der Waals surface area contributed by atoms with E-state index in [-0.39, 0.29) is 23.1 Å². The van der Waals surface area contributed by atoms with E-state index in [1.807, 2.05) is 0 Å². The maximum Gasteiger partial charge on any atom is 0.351 e. The fraction of sp³-hybridized carbons (Fsp3) is 0.133. The summed E-state index contributed by atoms with van der Waals surface area (Å²) < 4.78 is 9.95. The van der Waals surface area contributed by atoms with Gasteiger partial charge in [-0.3, -0.25) is 4.79 Å². The molecule has 0 bridgehead atoms. The molecule has 1 aromatic carbocycles.